The fraction of sp³-hybridized carbons (Fsp3) is 0.556. The molecular weight excluding hydrogens is 172 g/mol. The van der Waals surface area contributed by atoms with Crippen LogP contribution in [0.1, 0.15) is 27.2 Å². The van der Waals surface area contributed by atoms with Crippen LogP contribution in [0.2, 0.25) is 0 Å². The van der Waals surface area contributed by atoms with Crippen molar-refractivity contribution in [2.45, 2.75) is 27.2 Å². The average molecular weight is 185 g/mol. The second-order valence-corrected chi connectivity index (χ2v) is 2.75. The number of esters is 1. The molecule has 13 heavy (non-hydrogen) atoms. The Morgan fingerprint density at radius 1 is 1.31 bits per heavy atom. The highest BCUT2D eigenvalue weighted by Crippen LogP contribution is 2.09. The van der Waals surface area contributed by atoms with Crippen molar-refractivity contribution in [2.75, 3.05) is 6.61 Å². The van der Waals surface area contributed by atoms with Gasteiger partial charge in [-0.2, -0.15) is 0 Å². The van der Waals surface area contributed by atoms with E-state index in [0.29, 0.717) is 5.57 Å². The Hall–Kier alpha value is -1.32. The van der Waals surface area contributed by atoms with Crippen LogP contribution >= 0.6 is 0 Å². The summed E-state index contributed by atoms with van der Waals surface area (Å²) in [5.41, 5.74) is 0.810. The molecule has 0 fully saturated rings. The number of carboxylic acids is 1. The number of allylic oxidation sites excluding steroid dienone is 1. The van der Waals surface area contributed by atoms with Crippen molar-refractivity contribution in [3.8, 4) is 0 Å². The Balaban J connectivity index is 4.54. The lowest BCUT2D eigenvalue weighted by Crippen LogP contribution is -2.25. The van der Waals surface area contributed by atoms with Crippen LogP contribution in [0.4, 0.5) is 0 Å². The van der Waals surface area contributed by atoms with E-state index in [1.165, 1.54) is 0 Å². The molecule has 0 aromatic rings. The molecule has 0 rings (SSSR count). The number of hydrogen-bond acceptors (Lipinski definition) is 4. The van der Waals surface area contributed by atoms with Gasteiger partial charge in [-0.1, -0.05) is 5.57 Å². The van der Waals surface area contributed by atoms with Crippen molar-refractivity contribution in [2.24, 2.45) is 0 Å². The summed E-state index contributed by atoms with van der Waals surface area (Å²) in [5.74, 6) is -1.85. The number of rotatable bonds is 4. The number of carbonyl (C=O) groups excluding carboxylic acids is 2. The topological polar surface area (TPSA) is 66.4 Å². The molecule has 0 aliphatic carbocycles. The molecule has 4 heteroatoms. The molecule has 0 bridgehead atoms. The second kappa shape index (κ2) is 5.35. The van der Waals surface area contributed by atoms with Crippen molar-refractivity contribution in [3.63, 3.8) is 0 Å². The lowest BCUT2D eigenvalue weighted by molar-refractivity contribution is -0.304. The van der Waals surface area contributed by atoms with Crippen LogP contribution in [0.3, 0.4) is 0 Å². The quantitative estimate of drug-likeness (QED) is 0.457. The van der Waals surface area contributed by atoms with Crippen LogP contribution in [-0.2, 0) is 14.3 Å². The predicted octanol–water partition coefficient (Wildman–Crippen LogP) is 0.0259. The van der Waals surface area contributed by atoms with Crippen molar-refractivity contribution in [1.29, 1.82) is 0 Å². The number of carboxylic acid groups (broad SMARTS) is 1. The first-order valence-electron chi connectivity index (χ1n) is 4.02. The second-order valence-electron chi connectivity index (χ2n) is 2.75. The summed E-state index contributed by atoms with van der Waals surface area (Å²) in [6, 6.07) is 0. The fourth-order valence-corrected chi connectivity index (χ4v) is 0.816. The van der Waals surface area contributed by atoms with Crippen molar-refractivity contribution < 1.29 is 19.4 Å². The first kappa shape index (κ1) is 11.7. The lowest BCUT2D eigenvalue weighted by atomic mass is 10.1. The van der Waals surface area contributed by atoms with E-state index in [9.17, 15) is 14.7 Å². The monoisotopic (exact) mass is 185 g/mol. The highest BCUT2D eigenvalue weighted by atomic mass is 16.5. The van der Waals surface area contributed by atoms with E-state index >= 15 is 0 Å². The highest BCUT2D eigenvalue weighted by molar-refractivity contribution is 5.93. The molecule has 4 nitrogen and oxygen atoms in total. The normalized spacial score (nSPS) is 9.15. The first-order chi connectivity index (χ1) is 5.99. The summed E-state index contributed by atoms with van der Waals surface area (Å²) in [7, 11) is 0. The van der Waals surface area contributed by atoms with Gasteiger partial charge in [-0.15, -0.1) is 0 Å². The van der Waals surface area contributed by atoms with E-state index in [-0.39, 0.29) is 18.6 Å². The summed E-state index contributed by atoms with van der Waals surface area (Å²) in [6.45, 7) is 5.23. The van der Waals surface area contributed by atoms with E-state index in [0.717, 1.165) is 0 Å². The third-order valence-corrected chi connectivity index (χ3v) is 1.45. The molecule has 0 spiro atoms. The summed E-state index contributed by atoms with van der Waals surface area (Å²) in [5, 5.41) is 10.3. The summed E-state index contributed by atoms with van der Waals surface area (Å²) in [6.07, 6.45) is -0.388. The summed E-state index contributed by atoms with van der Waals surface area (Å²) >= 11 is 0. The van der Waals surface area contributed by atoms with Gasteiger partial charge in [0.2, 0.25) is 0 Å². The van der Waals surface area contributed by atoms with Crippen LogP contribution in [0, 0.1) is 0 Å². The third-order valence-electron chi connectivity index (χ3n) is 1.45. The molecule has 0 aliphatic heterocycles. The molecule has 0 saturated carbocycles. The van der Waals surface area contributed by atoms with Crippen molar-refractivity contribution >= 4 is 11.9 Å². The molecule has 74 valence electrons. The fourth-order valence-electron chi connectivity index (χ4n) is 0.816. The van der Waals surface area contributed by atoms with Gasteiger partial charge in [-0.3, -0.25) is 0 Å². The molecule has 0 aromatic heterocycles. The predicted molar refractivity (Wildman–Crippen MR) is 44.6 cm³/mol. The molecule has 0 atom stereocenters. The molecule has 0 radical (unpaired) electrons. The van der Waals surface area contributed by atoms with Crippen molar-refractivity contribution in [3.05, 3.63) is 11.1 Å². The zero-order valence-corrected chi connectivity index (χ0v) is 8.05. The Labute approximate surface area is 77.2 Å². The van der Waals surface area contributed by atoms with E-state index in [1.807, 2.05) is 0 Å². The minimum atomic E-state index is -1.27. The minimum Gasteiger partial charge on any atom is -0.550 e. The molecule has 0 saturated heterocycles. The zero-order chi connectivity index (χ0) is 10.4. The highest BCUT2D eigenvalue weighted by Gasteiger charge is 2.11. The van der Waals surface area contributed by atoms with Gasteiger partial charge in [0, 0.05) is 18.0 Å². The van der Waals surface area contributed by atoms with Gasteiger partial charge in [0.25, 0.3) is 0 Å². The van der Waals surface area contributed by atoms with Crippen LogP contribution in [0.25, 0.3) is 0 Å². The lowest BCUT2D eigenvalue weighted by Gasteiger charge is -2.09. The average Bonchev–Trinajstić information content (AvgIpc) is 1.99. The molecule has 0 amide bonds. The van der Waals surface area contributed by atoms with Gasteiger partial charge in [0.1, 0.15) is 0 Å². The smallest absolute Gasteiger partial charge is 0.334 e. The van der Waals surface area contributed by atoms with Crippen LogP contribution in [0.15, 0.2) is 11.1 Å². The van der Waals surface area contributed by atoms with Gasteiger partial charge in [0.15, 0.2) is 0 Å². The van der Waals surface area contributed by atoms with Gasteiger partial charge in [0.05, 0.1) is 6.61 Å². The standard InChI is InChI=1S/C9H14O4/c1-4-13-9(12)7(6(2)3)5-8(10)11/h4-5H2,1-3H3,(H,10,11)/p-1. The van der Waals surface area contributed by atoms with E-state index < -0.39 is 11.9 Å². The van der Waals surface area contributed by atoms with E-state index in [2.05, 4.69) is 4.74 Å². The Bertz CT molecular complexity index is 236. The molecule has 0 aromatic carbocycles. The minimum absolute atomic E-state index is 0.168. The largest absolute Gasteiger partial charge is 0.550 e. The number of carbonyl (C=O) groups is 2. The number of ether oxygens (including phenoxy) is 1. The Morgan fingerprint density at radius 3 is 2.15 bits per heavy atom. The SMILES string of the molecule is CCOC(=O)C(CC(=O)[O-])=C(C)C. The zero-order valence-electron chi connectivity index (χ0n) is 8.05. The molecule has 0 aliphatic rings. The molecule has 0 heterocycles. The maximum absolute atomic E-state index is 11.1. The first-order valence-corrected chi connectivity index (χ1v) is 4.02. The maximum Gasteiger partial charge on any atom is 0.334 e. The van der Waals surface area contributed by atoms with Gasteiger partial charge in [-0.25, -0.2) is 4.79 Å². The van der Waals surface area contributed by atoms with E-state index in [4.69, 9.17) is 0 Å². The van der Waals surface area contributed by atoms with Gasteiger partial charge >= 0.3 is 5.97 Å². The Kier molecular flexibility index (Phi) is 4.80. The molecule has 0 N–H and O–H groups in total. The van der Waals surface area contributed by atoms with E-state index in [1.54, 1.807) is 20.8 Å². The summed E-state index contributed by atoms with van der Waals surface area (Å²) < 4.78 is 4.68. The van der Waals surface area contributed by atoms with Crippen LogP contribution in [0.5, 0.6) is 0 Å². The van der Waals surface area contributed by atoms with Crippen molar-refractivity contribution in [1.82, 2.24) is 0 Å². The number of aliphatic carboxylic acids is 1. The molecular formula is C9H13O4-. The Morgan fingerprint density at radius 2 is 1.85 bits per heavy atom. The van der Waals surface area contributed by atoms with Crippen LogP contribution < -0.4 is 5.11 Å². The number of hydrogen-bond donors (Lipinski definition) is 0. The van der Waals surface area contributed by atoms with Crippen LogP contribution in [-0.4, -0.2) is 18.5 Å². The maximum atomic E-state index is 11.1. The summed E-state index contributed by atoms with van der Waals surface area (Å²) in [4.78, 5) is 21.4. The van der Waals surface area contributed by atoms with Gasteiger partial charge in [-0.05, 0) is 20.8 Å². The van der Waals surface area contributed by atoms with Gasteiger partial charge < -0.3 is 14.6 Å². The molecule has 0 unspecified atom stereocenters. The third kappa shape index (κ3) is 4.30.